The zero-order chi connectivity index (χ0) is 14.3. The van der Waals surface area contributed by atoms with E-state index in [0.717, 1.165) is 25.2 Å². The average Bonchev–Trinajstić information content (AvgIpc) is 2.46. The molecule has 1 aliphatic rings. The zero-order valence-corrected chi connectivity index (χ0v) is 11.8. The van der Waals surface area contributed by atoms with Gasteiger partial charge in [0.1, 0.15) is 17.2 Å². The highest BCUT2D eigenvalue weighted by Gasteiger charge is 2.22. The highest BCUT2D eigenvalue weighted by Crippen LogP contribution is 2.37. The lowest BCUT2D eigenvalue weighted by atomic mass is 10.1. The molecule has 20 heavy (non-hydrogen) atoms. The van der Waals surface area contributed by atoms with Crippen LogP contribution in [0.2, 0.25) is 5.02 Å². The van der Waals surface area contributed by atoms with Gasteiger partial charge in [0.15, 0.2) is 0 Å². The van der Waals surface area contributed by atoms with E-state index in [9.17, 15) is 8.78 Å². The van der Waals surface area contributed by atoms with Crippen molar-refractivity contribution in [3.63, 3.8) is 0 Å². The molecule has 0 spiro atoms. The minimum atomic E-state index is -0.530. The molecule has 0 saturated carbocycles. The topological polar surface area (TPSA) is 28.2 Å². The number of pyridine rings is 1. The van der Waals surface area contributed by atoms with Crippen LogP contribution in [0, 0.1) is 18.6 Å². The number of aromatic nitrogens is 1. The second-order valence-electron chi connectivity index (χ2n) is 4.85. The van der Waals surface area contributed by atoms with Crippen molar-refractivity contribution in [2.75, 3.05) is 31.1 Å². The van der Waals surface area contributed by atoms with E-state index in [1.54, 1.807) is 6.92 Å². The maximum atomic E-state index is 14.2. The molecule has 0 amide bonds. The van der Waals surface area contributed by atoms with E-state index in [0.29, 0.717) is 29.5 Å². The maximum absolute atomic E-state index is 14.2. The molecule has 0 radical (unpaired) electrons. The summed E-state index contributed by atoms with van der Waals surface area (Å²) in [7, 11) is 0. The largest absolute Gasteiger partial charge is 0.367 e. The molecule has 0 unspecified atom stereocenters. The molecule has 3 nitrogen and oxygen atoms in total. The van der Waals surface area contributed by atoms with E-state index in [2.05, 4.69) is 10.3 Å². The number of halogens is 3. The lowest BCUT2D eigenvalue weighted by Crippen LogP contribution is -2.43. The van der Waals surface area contributed by atoms with Crippen molar-refractivity contribution in [2.45, 2.75) is 6.92 Å². The van der Waals surface area contributed by atoms with Gasteiger partial charge in [-0.3, -0.25) is 0 Å². The SMILES string of the molecule is Cc1nc2c(F)ccc(F)c2c(N2CCNCC2)c1Cl. The van der Waals surface area contributed by atoms with Crippen molar-refractivity contribution < 1.29 is 8.78 Å². The first-order chi connectivity index (χ1) is 9.59. The molecule has 0 aliphatic carbocycles. The van der Waals surface area contributed by atoms with Crippen molar-refractivity contribution in [3.05, 3.63) is 34.5 Å². The molecular formula is C14H14ClF2N3. The third-order valence-corrected chi connectivity index (χ3v) is 4.01. The zero-order valence-electron chi connectivity index (χ0n) is 11.0. The Morgan fingerprint density at radius 3 is 2.55 bits per heavy atom. The number of nitrogens with zero attached hydrogens (tertiary/aromatic N) is 2. The summed E-state index contributed by atoms with van der Waals surface area (Å²) < 4.78 is 28.1. The predicted octanol–water partition coefficient (Wildman–Crippen LogP) is 2.88. The van der Waals surface area contributed by atoms with Gasteiger partial charge in [0, 0.05) is 26.2 Å². The van der Waals surface area contributed by atoms with Crippen LogP contribution >= 0.6 is 11.6 Å². The van der Waals surface area contributed by atoms with Crippen LogP contribution in [-0.4, -0.2) is 31.2 Å². The standard InChI is InChI=1S/C14H14ClF2N3/c1-8-12(15)14(20-6-4-18-5-7-20)11-9(16)2-3-10(17)13(11)19-8/h2-3,18H,4-7H2,1H3. The van der Waals surface area contributed by atoms with Crippen molar-refractivity contribution in [2.24, 2.45) is 0 Å². The summed E-state index contributed by atoms with van der Waals surface area (Å²) in [6.45, 7) is 4.69. The molecular weight excluding hydrogens is 284 g/mol. The fourth-order valence-electron chi connectivity index (χ4n) is 2.56. The van der Waals surface area contributed by atoms with Gasteiger partial charge in [0.05, 0.1) is 21.8 Å². The predicted molar refractivity (Wildman–Crippen MR) is 76.5 cm³/mol. The quantitative estimate of drug-likeness (QED) is 0.877. The summed E-state index contributed by atoms with van der Waals surface area (Å²) >= 11 is 6.32. The molecule has 106 valence electrons. The molecule has 2 aromatic rings. The Labute approximate surface area is 120 Å². The van der Waals surface area contributed by atoms with Gasteiger partial charge in [-0.2, -0.15) is 0 Å². The highest BCUT2D eigenvalue weighted by molar-refractivity contribution is 6.35. The van der Waals surface area contributed by atoms with Crippen LogP contribution in [0.4, 0.5) is 14.5 Å². The number of hydrogen-bond acceptors (Lipinski definition) is 3. The molecule has 0 atom stereocenters. The lowest BCUT2D eigenvalue weighted by Gasteiger charge is -2.31. The Kier molecular flexibility index (Phi) is 3.48. The summed E-state index contributed by atoms with van der Waals surface area (Å²) in [6.07, 6.45) is 0. The van der Waals surface area contributed by atoms with Gasteiger partial charge in [-0.1, -0.05) is 11.6 Å². The lowest BCUT2D eigenvalue weighted by molar-refractivity contribution is 0.587. The van der Waals surface area contributed by atoms with E-state index in [1.165, 1.54) is 0 Å². The van der Waals surface area contributed by atoms with Crippen molar-refractivity contribution in [1.82, 2.24) is 10.3 Å². The summed E-state index contributed by atoms with van der Waals surface area (Å²) in [4.78, 5) is 6.09. The van der Waals surface area contributed by atoms with Crippen LogP contribution in [0.3, 0.4) is 0 Å². The third kappa shape index (κ3) is 2.11. The van der Waals surface area contributed by atoms with Crippen molar-refractivity contribution in [3.8, 4) is 0 Å². The molecule has 0 bridgehead atoms. The molecule has 3 rings (SSSR count). The average molecular weight is 298 g/mol. The summed E-state index contributed by atoms with van der Waals surface area (Å²) in [5.41, 5.74) is 1.10. The van der Waals surface area contributed by atoms with Gasteiger partial charge >= 0.3 is 0 Å². The molecule has 1 aromatic carbocycles. The molecule has 1 aromatic heterocycles. The van der Waals surface area contributed by atoms with Crippen molar-refractivity contribution in [1.29, 1.82) is 0 Å². The Morgan fingerprint density at radius 1 is 1.20 bits per heavy atom. The number of nitrogens with one attached hydrogen (secondary N) is 1. The molecule has 1 N–H and O–H groups in total. The van der Waals surface area contributed by atoms with Crippen LogP contribution in [-0.2, 0) is 0 Å². The molecule has 1 saturated heterocycles. The third-order valence-electron chi connectivity index (χ3n) is 3.55. The fourth-order valence-corrected chi connectivity index (χ4v) is 2.82. The Bertz CT molecular complexity index is 669. The minimum absolute atomic E-state index is 0.0421. The van der Waals surface area contributed by atoms with E-state index < -0.39 is 11.6 Å². The summed E-state index contributed by atoms with van der Waals surface area (Å²) in [5.74, 6) is -1.03. The van der Waals surface area contributed by atoms with Crippen LogP contribution in [0.5, 0.6) is 0 Å². The molecule has 6 heteroatoms. The number of anilines is 1. The first-order valence-electron chi connectivity index (χ1n) is 6.49. The second kappa shape index (κ2) is 5.14. The number of piperazine rings is 1. The van der Waals surface area contributed by atoms with E-state index in [4.69, 9.17) is 11.6 Å². The van der Waals surface area contributed by atoms with Crippen LogP contribution in [0.25, 0.3) is 10.9 Å². The number of benzene rings is 1. The number of rotatable bonds is 1. The number of fused-ring (bicyclic) bond motifs is 1. The van der Waals surface area contributed by atoms with Gasteiger partial charge in [-0.15, -0.1) is 0 Å². The monoisotopic (exact) mass is 297 g/mol. The Morgan fingerprint density at radius 2 is 1.85 bits per heavy atom. The first kappa shape index (κ1) is 13.5. The van der Waals surface area contributed by atoms with Crippen LogP contribution < -0.4 is 10.2 Å². The highest BCUT2D eigenvalue weighted by atomic mass is 35.5. The smallest absolute Gasteiger partial charge is 0.149 e. The normalized spacial score (nSPS) is 15.9. The van der Waals surface area contributed by atoms with E-state index in [-0.39, 0.29) is 10.9 Å². The van der Waals surface area contributed by atoms with E-state index in [1.807, 2.05) is 4.90 Å². The van der Waals surface area contributed by atoms with Gasteiger partial charge < -0.3 is 10.2 Å². The van der Waals surface area contributed by atoms with Crippen LogP contribution in [0.15, 0.2) is 12.1 Å². The Hall–Kier alpha value is -1.46. The van der Waals surface area contributed by atoms with Crippen molar-refractivity contribution >= 4 is 28.2 Å². The maximum Gasteiger partial charge on any atom is 0.149 e. The van der Waals surface area contributed by atoms with Gasteiger partial charge in [0.2, 0.25) is 0 Å². The van der Waals surface area contributed by atoms with E-state index >= 15 is 0 Å². The molecule has 1 aliphatic heterocycles. The Balaban J connectivity index is 2.32. The molecule has 1 fully saturated rings. The minimum Gasteiger partial charge on any atom is -0.367 e. The van der Waals surface area contributed by atoms with Gasteiger partial charge in [0.25, 0.3) is 0 Å². The summed E-state index contributed by atoms with van der Waals surface area (Å²) in [6, 6.07) is 2.22. The van der Waals surface area contributed by atoms with Gasteiger partial charge in [-0.05, 0) is 19.1 Å². The second-order valence-corrected chi connectivity index (χ2v) is 5.23. The van der Waals surface area contributed by atoms with Gasteiger partial charge in [-0.25, -0.2) is 13.8 Å². The fraction of sp³-hybridized carbons (Fsp3) is 0.357. The van der Waals surface area contributed by atoms with Crippen LogP contribution in [0.1, 0.15) is 5.69 Å². The number of hydrogen-bond donors (Lipinski definition) is 1. The molecule has 2 heterocycles. The number of aryl methyl sites for hydroxylation is 1. The summed E-state index contributed by atoms with van der Waals surface area (Å²) in [5, 5.41) is 3.79. The first-order valence-corrected chi connectivity index (χ1v) is 6.87.